The van der Waals surface area contributed by atoms with Crippen molar-refractivity contribution >= 4 is 11.6 Å². The van der Waals surface area contributed by atoms with Crippen molar-refractivity contribution in [2.24, 2.45) is 0 Å². The van der Waals surface area contributed by atoms with Crippen molar-refractivity contribution in [1.82, 2.24) is 20.4 Å². The van der Waals surface area contributed by atoms with Gasteiger partial charge in [0.15, 0.2) is 11.5 Å². The highest BCUT2D eigenvalue weighted by Gasteiger charge is 2.35. The van der Waals surface area contributed by atoms with Crippen molar-refractivity contribution in [3.05, 3.63) is 65.2 Å². The molecule has 3 aromatic rings. The van der Waals surface area contributed by atoms with E-state index in [0.29, 0.717) is 42.8 Å². The van der Waals surface area contributed by atoms with Crippen molar-refractivity contribution in [2.45, 2.75) is 32.7 Å². The van der Waals surface area contributed by atoms with E-state index in [1.54, 1.807) is 12.0 Å². The van der Waals surface area contributed by atoms with Crippen LogP contribution in [0.25, 0.3) is 17.0 Å². The number of rotatable bonds is 8. The van der Waals surface area contributed by atoms with Crippen LogP contribution in [0.1, 0.15) is 43.3 Å². The summed E-state index contributed by atoms with van der Waals surface area (Å²) in [6.07, 6.45) is 1.64. The molecule has 0 spiro atoms. The van der Waals surface area contributed by atoms with Gasteiger partial charge in [-0.3, -0.25) is 4.90 Å². The number of fused-ring (bicyclic) bond motifs is 1. The van der Waals surface area contributed by atoms with E-state index in [0.717, 1.165) is 28.8 Å². The van der Waals surface area contributed by atoms with Gasteiger partial charge in [0.25, 0.3) is 5.89 Å². The molecule has 182 valence electrons. The van der Waals surface area contributed by atoms with E-state index in [4.69, 9.17) is 23.7 Å². The molecule has 5 rings (SSSR count). The largest absolute Gasteiger partial charge is 0.454 e. The summed E-state index contributed by atoms with van der Waals surface area (Å²) in [5.41, 5.74) is 4.47. The van der Waals surface area contributed by atoms with Crippen LogP contribution in [-0.4, -0.2) is 48.1 Å². The predicted octanol–water partition coefficient (Wildman–Crippen LogP) is 4.56. The lowest BCUT2D eigenvalue weighted by Crippen LogP contribution is -2.46. The van der Waals surface area contributed by atoms with Crippen LogP contribution in [0.3, 0.4) is 0 Å². The summed E-state index contributed by atoms with van der Waals surface area (Å²) in [7, 11) is 1.65. The van der Waals surface area contributed by atoms with Crippen LogP contribution in [-0.2, 0) is 11.2 Å². The van der Waals surface area contributed by atoms with Gasteiger partial charge in [-0.2, -0.15) is 4.98 Å². The van der Waals surface area contributed by atoms with E-state index >= 15 is 0 Å². The molecule has 0 saturated heterocycles. The second-order valence-corrected chi connectivity index (χ2v) is 8.47. The Bertz CT molecular complexity index is 1250. The number of methoxy groups -OCH3 is 1. The van der Waals surface area contributed by atoms with Crippen molar-refractivity contribution in [3.63, 3.8) is 0 Å². The van der Waals surface area contributed by atoms with Crippen LogP contribution < -0.4 is 14.8 Å². The van der Waals surface area contributed by atoms with Crippen LogP contribution in [0.4, 0.5) is 4.79 Å². The maximum absolute atomic E-state index is 13.1. The van der Waals surface area contributed by atoms with Gasteiger partial charge < -0.3 is 24.1 Å². The number of amides is 2. The Kier molecular flexibility index (Phi) is 6.41. The molecule has 0 fully saturated rings. The molecule has 1 aromatic heterocycles. The Morgan fingerprint density at radius 1 is 1.14 bits per heavy atom. The Balaban J connectivity index is 1.54. The molecule has 3 heterocycles. The number of hydrogen-bond donors (Lipinski definition) is 1. The van der Waals surface area contributed by atoms with Gasteiger partial charge in [0.2, 0.25) is 12.6 Å². The van der Waals surface area contributed by atoms with E-state index in [2.05, 4.69) is 29.5 Å². The minimum atomic E-state index is -0.419. The van der Waals surface area contributed by atoms with Gasteiger partial charge in [-0.25, -0.2) is 4.79 Å². The summed E-state index contributed by atoms with van der Waals surface area (Å²) in [4.78, 5) is 19.5. The minimum Gasteiger partial charge on any atom is -0.454 e. The van der Waals surface area contributed by atoms with E-state index in [-0.39, 0.29) is 12.8 Å². The molecule has 1 N–H and O–H groups in total. The van der Waals surface area contributed by atoms with Gasteiger partial charge in [-0.15, -0.1) is 0 Å². The highest BCUT2D eigenvalue weighted by molar-refractivity contribution is 5.86. The number of aromatic nitrogens is 2. The van der Waals surface area contributed by atoms with E-state index in [1.165, 1.54) is 5.56 Å². The third-order valence-electron chi connectivity index (χ3n) is 6.33. The number of nitrogens with zero attached hydrogens (tertiary/aromatic N) is 3. The number of carbonyl (C=O) groups excluding carboxylic acids is 1. The van der Waals surface area contributed by atoms with Crippen LogP contribution >= 0.6 is 0 Å². The van der Waals surface area contributed by atoms with Crippen LogP contribution in [0.5, 0.6) is 11.5 Å². The third kappa shape index (κ3) is 4.46. The zero-order valence-corrected chi connectivity index (χ0v) is 20.0. The predicted molar refractivity (Wildman–Crippen MR) is 129 cm³/mol. The zero-order valence-electron chi connectivity index (χ0n) is 20.0. The summed E-state index contributed by atoms with van der Waals surface area (Å²) in [6, 6.07) is 13.2. The average Bonchev–Trinajstić information content (AvgIpc) is 3.55. The lowest BCUT2D eigenvalue weighted by molar-refractivity contribution is 0.173. The van der Waals surface area contributed by atoms with E-state index in [1.807, 2.05) is 37.3 Å². The van der Waals surface area contributed by atoms with Crippen LogP contribution in [0, 0.1) is 0 Å². The normalized spacial score (nSPS) is 17.2. The monoisotopic (exact) mass is 476 g/mol. The van der Waals surface area contributed by atoms with Crippen LogP contribution in [0.2, 0.25) is 0 Å². The second kappa shape index (κ2) is 9.79. The molecule has 0 radical (unpaired) electrons. The molecule has 2 amide bonds. The molecular formula is C26H28N4O5. The number of benzene rings is 2. The number of allylic oxidation sites excluding steroid dienone is 1. The molecule has 1 atom stereocenters. The highest BCUT2D eigenvalue weighted by atomic mass is 16.7. The number of carbonyl (C=O) groups is 1. The Hall–Kier alpha value is -3.85. The minimum absolute atomic E-state index is 0.164. The molecule has 35 heavy (non-hydrogen) atoms. The topological polar surface area (TPSA) is 99.0 Å². The fraction of sp³-hybridized carbons (Fsp3) is 0.346. The van der Waals surface area contributed by atoms with Crippen molar-refractivity contribution in [2.75, 3.05) is 27.1 Å². The smallest absolute Gasteiger partial charge is 0.322 e. The SMILES string of the molecule is CCc1ccc(C2NC(=O)N(CCCOC)C(C)=C2c2nc(-c3ccc4c(c3)OCO4)no2)cc1. The first-order chi connectivity index (χ1) is 17.1. The van der Waals surface area contributed by atoms with E-state index < -0.39 is 6.04 Å². The number of hydrogen-bond acceptors (Lipinski definition) is 7. The fourth-order valence-corrected chi connectivity index (χ4v) is 4.38. The molecule has 9 nitrogen and oxygen atoms in total. The molecule has 0 bridgehead atoms. The highest BCUT2D eigenvalue weighted by Crippen LogP contribution is 2.39. The number of aryl methyl sites for hydroxylation is 1. The van der Waals surface area contributed by atoms with E-state index in [9.17, 15) is 4.79 Å². The lowest BCUT2D eigenvalue weighted by atomic mass is 9.93. The van der Waals surface area contributed by atoms with Gasteiger partial charge in [-0.05, 0) is 49.1 Å². The standard InChI is InChI=1S/C26H28N4O5/c1-4-17-6-8-18(9-7-17)23-22(16(2)30(26(31)27-23)12-5-13-32-3)25-28-24(29-35-25)19-10-11-20-21(14-19)34-15-33-20/h6-11,14,23H,4-5,12-13,15H2,1-3H3,(H,27,31). The van der Waals surface area contributed by atoms with Gasteiger partial charge >= 0.3 is 6.03 Å². The Morgan fingerprint density at radius 3 is 2.71 bits per heavy atom. The fourth-order valence-electron chi connectivity index (χ4n) is 4.38. The van der Waals surface area contributed by atoms with Gasteiger partial charge in [0, 0.05) is 31.5 Å². The number of urea groups is 1. The maximum Gasteiger partial charge on any atom is 0.322 e. The number of nitrogens with one attached hydrogen (secondary N) is 1. The lowest BCUT2D eigenvalue weighted by Gasteiger charge is -2.35. The van der Waals surface area contributed by atoms with Gasteiger partial charge in [0.05, 0.1) is 11.6 Å². The first kappa shape index (κ1) is 22.9. The zero-order chi connectivity index (χ0) is 24.4. The molecule has 2 aliphatic rings. The van der Waals surface area contributed by atoms with Gasteiger partial charge in [-0.1, -0.05) is 36.3 Å². The molecule has 2 aromatic carbocycles. The van der Waals surface area contributed by atoms with Crippen molar-refractivity contribution in [3.8, 4) is 22.9 Å². The summed E-state index contributed by atoms with van der Waals surface area (Å²) < 4.78 is 21.8. The molecule has 1 unspecified atom stereocenters. The molecule has 9 heteroatoms. The quantitative estimate of drug-likeness (QED) is 0.476. The maximum atomic E-state index is 13.1. The van der Waals surface area contributed by atoms with Crippen molar-refractivity contribution in [1.29, 1.82) is 0 Å². The molecule has 2 aliphatic heterocycles. The molecular weight excluding hydrogens is 448 g/mol. The summed E-state index contributed by atoms with van der Waals surface area (Å²) in [6.45, 7) is 5.29. The number of ether oxygens (including phenoxy) is 3. The Labute approximate surface area is 203 Å². The first-order valence-corrected chi connectivity index (χ1v) is 11.7. The summed E-state index contributed by atoms with van der Waals surface area (Å²) in [5.74, 6) is 2.12. The molecule has 0 saturated carbocycles. The molecule has 0 aliphatic carbocycles. The average molecular weight is 477 g/mol. The van der Waals surface area contributed by atoms with Crippen molar-refractivity contribution < 1.29 is 23.5 Å². The first-order valence-electron chi connectivity index (χ1n) is 11.7. The third-order valence-corrected chi connectivity index (χ3v) is 6.33. The second-order valence-electron chi connectivity index (χ2n) is 8.47. The summed E-state index contributed by atoms with van der Waals surface area (Å²) in [5, 5.41) is 7.36. The Morgan fingerprint density at radius 2 is 1.94 bits per heavy atom. The van der Waals surface area contributed by atoms with Gasteiger partial charge in [0.1, 0.15) is 0 Å². The van der Waals surface area contributed by atoms with Crippen LogP contribution in [0.15, 0.2) is 52.7 Å². The summed E-state index contributed by atoms with van der Waals surface area (Å²) >= 11 is 0.